The highest BCUT2D eigenvalue weighted by atomic mass is 16.6. The smallest absolute Gasteiger partial charge is 0.410 e. The summed E-state index contributed by atoms with van der Waals surface area (Å²) >= 11 is 0. The maximum Gasteiger partial charge on any atom is 0.410 e. The molecule has 1 saturated heterocycles. The summed E-state index contributed by atoms with van der Waals surface area (Å²) in [4.78, 5) is 39.0. The Balaban J connectivity index is 2.95. The van der Waals surface area contributed by atoms with E-state index in [0.29, 0.717) is 19.4 Å². The van der Waals surface area contributed by atoms with Crippen LogP contribution in [0.3, 0.4) is 0 Å². The molecule has 0 unspecified atom stereocenters. The molecule has 1 N–H and O–H groups in total. The van der Waals surface area contributed by atoms with Gasteiger partial charge >= 0.3 is 12.1 Å². The summed E-state index contributed by atoms with van der Waals surface area (Å²) in [5.74, 6) is -1.49. The summed E-state index contributed by atoms with van der Waals surface area (Å²) in [6, 6.07) is -1.56. The molecule has 1 rings (SSSR count). The van der Waals surface area contributed by atoms with E-state index < -0.39 is 29.7 Å². The van der Waals surface area contributed by atoms with Crippen LogP contribution in [0.1, 0.15) is 47.5 Å². The van der Waals surface area contributed by atoms with Gasteiger partial charge in [-0.3, -0.25) is 9.69 Å². The summed E-state index contributed by atoms with van der Waals surface area (Å²) < 4.78 is 5.32. The number of amides is 2. The van der Waals surface area contributed by atoms with Crippen molar-refractivity contribution in [2.45, 2.75) is 65.1 Å². The first kappa shape index (κ1) is 19.3. The molecular formula is C16H28N2O5. The van der Waals surface area contributed by atoms with Crippen molar-refractivity contribution in [3.63, 3.8) is 0 Å². The van der Waals surface area contributed by atoms with E-state index in [2.05, 4.69) is 0 Å². The second-order valence-electron chi connectivity index (χ2n) is 7.31. The third-order valence-corrected chi connectivity index (χ3v) is 3.80. The van der Waals surface area contributed by atoms with Crippen LogP contribution in [-0.2, 0) is 14.3 Å². The predicted octanol–water partition coefficient (Wildman–Crippen LogP) is 1.95. The predicted molar refractivity (Wildman–Crippen MR) is 85.0 cm³/mol. The Morgan fingerprint density at radius 1 is 1.26 bits per heavy atom. The number of ether oxygens (including phenoxy) is 1. The van der Waals surface area contributed by atoms with Crippen molar-refractivity contribution < 1.29 is 24.2 Å². The largest absolute Gasteiger partial charge is 0.480 e. The minimum atomic E-state index is -1.00. The Labute approximate surface area is 137 Å². The number of likely N-dealkylation sites (tertiary alicyclic amines) is 1. The quantitative estimate of drug-likeness (QED) is 0.852. The minimum Gasteiger partial charge on any atom is -0.480 e. The summed E-state index contributed by atoms with van der Waals surface area (Å²) in [5, 5.41) is 9.25. The zero-order chi connectivity index (χ0) is 17.9. The van der Waals surface area contributed by atoms with E-state index in [1.807, 2.05) is 13.8 Å². The van der Waals surface area contributed by atoms with E-state index in [1.165, 1.54) is 16.8 Å². The number of nitrogens with zero attached hydrogens (tertiary/aromatic N) is 2. The van der Waals surface area contributed by atoms with Gasteiger partial charge in [0.1, 0.15) is 17.7 Å². The molecule has 0 spiro atoms. The molecule has 0 aromatic rings. The number of aliphatic carboxylic acids is 1. The highest BCUT2D eigenvalue weighted by molar-refractivity contribution is 5.90. The van der Waals surface area contributed by atoms with Crippen LogP contribution in [-0.4, -0.2) is 64.2 Å². The van der Waals surface area contributed by atoms with Crippen LogP contribution in [0.2, 0.25) is 0 Å². The molecule has 7 nitrogen and oxygen atoms in total. The van der Waals surface area contributed by atoms with E-state index in [9.17, 15) is 19.5 Å². The Kier molecular flexibility index (Phi) is 6.02. The highest BCUT2D eigenvalue weighted by Crippen LogP contribution is 2.23. The van der Waals surface area contributed by atoms with Gasteiger partial charge in [0.05, 0.1) is 0 Å². The first-order valence-electron chi connectivity index (χ1n) is 7.94. The average molecular weight is 328 g/mol. The molecule has 7 heteroatoms. The molecule has 2 amide bonds. The summed E-state index contributed by atoms with van der Waals surface area (Å²) in [6.45, 7) is 9.33. The number of carbonyl (C=O) groups is 3. The van der Waals surface area contributed by atoms with Gasteiger partial charge in [0.2, 0.25) is 5.91 Å². The summed E-state index contributed by atoms with van der Waals surface area (Å²) in [6.07, 6.45) is 0.516. The van der Waals surface area contributed by atoms with Crippen LogP contribution in [0.25, 0.3) is 0 Å². The number of hydrogen-bond acceptors (Lipinski definition) is 4. The monoisotopic (exact) mass is 328 g/mol. The van der Waals surface area contributed by atoms with E-state index in [4.69, 9.17) is 4.74 Å². The molecule has 0 aromatic carbocycles. The van der Waals surface area contributed by atoms with Crippen LogP contribution in [0, 0.1) is 5.92 Å². The zero-order valence-electron chi connectivity index (χ0n) is 14.8. The van der Waals surface area contributed by atoms with Crippen molar-refractivity contribution in [3.8, 4) is 0 Å². The van der Waals surface area contributed by atoms with E-state index >= 15 is 0 Å². The number of hydrogen-bond donors (Lipinski definition) is 1. The van der Waals surface area contributed by atoms with Crippen LogP contribution in [0.15, 0.2) is 0 Å². The third-order valence-electron chi connectivity index (χ3n) is 3.80. The first-order chi connectivity index (χ1) is 10.5. The van der Waals surface area contributed by atoms with Crippen molar-refractivity contribution >= 4 is 18.0 Å². The van der Waals surface area contributed by atoms with Crippen LogP contribution >= 0.6 is 0 Å². The molecule has 0 radical (unpaired) electrons. The SMILES string of the molecule is CC(C)[C@@H](C(=O)N1CCC[C@H]1C(=O)O)N(C)C(=O)OC(C)(C)C. The Morgan fingerprint density at radius 2 is 1.83 bits per heavy atom. The maximum absolute atomic E-state index is 12.8. The molecule has 1 aliphatic heterocycles. The topological polar surface area (TPSA) is 87.2 Å². The lowest BCUT2D eigenvalue weighted by atomic mass is 10.0. The fourth-order valence-electron chi connectivity index (χ4n) is 2.80. The second-order valence-corrected chi connectivity index (χ2v) is 7.31. The van der Waals surface area contributed by atoms with Crippen molar-refractivity contribution in [2.24, 2.45) is 5.92 Å². The van der Waals surface area contributed by atoms with E-state index in [0.717, 1.165) is 0 Å². The molecule has 23 heavy (non-hydrogen) atoms. The molecule has 0 aromatic heterocycles. The van der Waals surface area contributed by atoms with Gasteiger partial charge in [-0.1, -0.05) is 13.8 Å². The van der Waals surface area contributed by atoms with Gasteiger partial charge in [0.25, 0.3) is 0 Å². The molecule has 1 fully saturated rings. The zero-order valence-corrected chi connectivity index (χ0v) is 14.8. The molecular weight excluding hydrogens is 300 g/mol. The highest BCUT2D eigenvalue weighted by Gasteiger charge is 2.41. The van der Waals surface area contributed by atoms with E-state index in [1.54, 1.807) is 20.8 Å². The van der Waals surface area contributed by atoms with Crippen LogP contribution in [0.4, 0.5) is 4.79 Å². The molecule has 0 bridgehead atoms. The summed E-state index contributed by atoms with van der Waals surface area (Å²) in [7, 11) is 1.52. The van der Waals surface area contributed by atoms with Gasteiger partial charge in [-0.15, -0.1) is 0 Å². The van der Waals surface area contributed by atoms with Gasteiger partial charge in [-0.2, -0.15) is 0 Å². The fourth-order valence-corrected chi connectivity index (χ4v) is 2.80. The lowest BCUT2D eigenvalue weighted by Crippen LogP contribution is -2.54. The van der Waals surface area contributed by atoms with Crippen LogP contribution in [0.5, 0.6) is 0 Å². The molecule has 1 heterocycles. The molecule has 1 aliphatic rings. The van der Waals surface area contributed by atoms with Crippen molar-refractivity contribution in [3.05, 3.63) is 0 Å². The van der Waals surface area contributed by atoms with Gasteiger partial charge in [-0.25, -0.2) is 9.59 Å². The minimum absolute atomic E-state index is 0.157. The second kappa shape index (κ2) is 7.19. The van der Waals surface area contributed by atoms with Crippen LogP contribution < -0.4 is 0 Å². The number of carboxylic acid groups (broad SMARTS) is 1. The van der Waals surface area contributed by atoms with Crippen molar-refractivity contribution in [1.82, 2.24) is 9.80 Å². The Morgan fingerprint density at radius 3 is 2.26 bits per heavy atom. The molecule has 0 saturated carbocycles. The number of carboxylic acids is 1. The lowest BCUT2D eigenvalue weighted by Gasteiger charge is -2.35. The lowest BCUT2D eigenvalue weighted by molar-refractivity contribution is -0.150. The summed E-state index contributed by atoms with van der Waals surface area (Å²) in [5.41, 5.74) is -0.660. The standard InChI is InChI=1S/C16H28N2O5/c1-10(2)12(17(6)15(22)23-16(3,4)5)13(19)18-9-7-8-11(18)14(20)21/h10-12H,7-9H2,1-6H3,(H,20,21)/t11-,12-/m0/s1. The fraction of sp³-hybridized carbons (Fsp3) is 0.812. The number of carbonyl (C=O) groups excluding carboxylic acids is 2. The molecule has 132 valence electrons. The first-order valence-corrected chi connectivity index (χ1v) is 7.94. The van der Waals surface area contributed by atoms with Gasteiger partial charge in [-0.05, 0) is 39.5 Å². The molecule has 2 atom stereocenters. The number of rotatable bonds is 4. The Hall–Kier alpha value is -1.79. The van der Waals surface area contributed by atoms with Crippen molar-refractivity contribution in [2.75, 3.05) is 13.6 Å². The maximum atomic E-state index is 12.8. The average Bonchev–Trinajstić information content (AvgIpc) is 2.85. The number of likely N-dealkylation sites (N-methyl/N-ethyl adjacent to an activating group) is 1. The normalized spacial score (nSPS) is 19.6. The third kappa shape index (κ3) is 4.84. The van der Waals surface area contributed by atoms with Gasteiger partial charge in [0.15, 0.2) is 0 Å². The van der Waals surface area contributed by atoms with Crippen molar-refractivity contribution in [1.29, 1.82) is 0 Å². The van der Waals surface area contributed by atoms with E-state index in [-0.39, 0.29) is 11.8 Å². The van der Waals surface area contributed by atoms with Gasteiger partial charge < -0.3 is 14.7 Å². The van der Waals surface area contributed by atoms with Gasteiger partial charge in [0, 0.05) is 13.6 Å². The Bertz CT molecular complexity index is 470. The molecule has 0 aliphatic carbocycles.